The van der Waals surface area contributed by atoms with Crippen LogP contribution in [0.5, 0.6) is 5.75 Å². The van der Waals surface area contributed by atoms with Crippen molar-refractivity contribution >= 4 is 39.5 Å². The fourth-order valence-electron chi connectivity index (χ4n) is 2.99. The number of furan rings is 1. The van der Waals surface area contributed by atoms with Gasteiger partial charge < -0.3 is 19.2 Å². The molecule has 1 amide bonds. The van der Waals surface area contributed by atoms with Crippen molar-refractivity contribution in [2.75, 3.05) is 18.5 Å². The lowest BCUT2D eigenvalue weighted by atomic mass is 10.1. The third-order valence-electron chi connectivity index (χ3n) is 4.34. The summed E-state index contributed by atoms with van der Waals surface area (Å²) in [5.74, 6) is -0.220. The number of ether oxygens (including phenoxy) is 2. The molecule has 0 aliphatic rings. The number of carbonyl (C=O) groups is 2. The van der Waals surface area contributed by atoms with Gasteiger partial charge in [-0.1, -0.05) is 36.4 Å². The molecule has 4 aromatic rings. The summed E-state index contributed by atoms with van der Waals surface area (Å²) in [6.07, 6.45) is 0.0646. The summed E-state index contributed by atoms with van der Waals surface area (Å²) in [6.45, 7) is -0.164. The molecule has 0 bridgehead atoms. The standard InChI is InChI=1S/C23H19NO5/c25-22(15-28-23(26)12-13-27-17-6-2-1-3-7-17)24-16-10-11-21-19(14-16)18-8-4-5-9-20(18)29-21/h1-11,14H,12-13,15H2,(H,24,25). The first-order valence-electron chi connectivity index (χ1n) is 9.24. The van der Waals surface area contributed by atoms with Crippen LogP contribution in [-0.4, -0.2) is 25.1 Å². The minimum absolute atomic E-state index is 0.0646. The Bertz CT molecular complexity index is 1150. The van der Waals surface area contributed by atoms with E-state index in [9.17, 15) is 9.59 Å². The number of hydrogen-bond donors (Lipinski definition) is 1. The SMILES string of the molecule is O=C(COC(=O)CCOc1ccccc1)Nc1ccc2oc3ccccc3c2c1. The Balaban J connectivity index is 1.28. The van der Waals surface area contributed by atoms with Gasteiger partial charge >= 0.3 is 5.97 Å². The van der Waals surface area contributed by atoms with Crippen molar-refractivity contribution in [1.82, 2.24) is 0 Å². The molecule has 3 aromatic carbocycles. The molecule has 0 spiro atoms. The summed E-state index contributed by atoms with van der Waals surface area (Å²) in [6, 6.07) is 22.3. The van der Waals surface area contributed by atoms with Gasteiger partial charge in [-0.25, -0.2) is 0 Å². The van der Waals surface area contributed by atoms with E-state index in [0.717, 1.165) is 21.9 Å². The lowest BCUT2D eigenvalue weighted by Gasteiger charge is -2.08. The average molecular weight is 389 g/mol. The van der Waals surface area contributed by atoms with Crippen molar-refractivity contribution in [3.8, 4) is 5.75 Å². The number of benzene rings is 3. The number of carbonyl (C=O) groups excluding carboxylic acids is 2. The van der Waals surface area contributed by atoms with Crippen LogP contribution in [0, 0.1) is 0 Å². The van der Waals surface area contributed by atoms with Crippen molar-refractivity contribution in [3.63, 3.8) is 0 Å². The number of hydrogen-bond acceptors (Lipinski definition) is 5. The summed E-state index contributed by atoms with van der Waals surface area (Å²) in [5, 5.41) is 4.62. The van der Waals surface area contributed by atoms with Gasteiger partial charge in [-0.15, -0.1) is 0 Å². The zero-order chi connectivity index (χ0) is 20.1. The quantitative estimate of drug-likeness (QED) is 0.470. The van der Waals surface area contributed by atoms with E-state index >= 15 is 0 Å². The molecule has 0 fully saturated rings. The maximum atomic E-state index is 12.1. The van der Waals surface area contributed by atoms with E-state index in [1.165, 1.54) is 0 Å². The number of nitrogens with one attached hydrogen (secondary N) is 1. The molecule has 29 heavy (non-hydrogen) atoms. The predicted octanol–water partition coefficient (Wildman–Crippen LogP) is 4.54. The molecule has 6 heteroatoms. The number of fused-ring (bicyclic) bond motifs is 3. The smallest absolute Gasteiger partial charge is 0.309 e. The second kappa shape index (κ2) is 8.48. The Morgan fingerprint density at radius 2 is 1.62 bits per heavy atom. The molecule has 0 radical (unpaired) electrons. The molecule has 146 valence electrons. The van der Waals surface area contributed by atoms with Crippen molar-refractivity contribution in [2.24, 2.45) is 0 Å². The van der Waals surface area contributed by atoms with Crippen LogP contribution in [0.1, 0.15) is 6.42 Å². The van der Waals surface area contributed by atoms with Crippen molar-refractivity contribution in [3.05, 3.63) is 72.8 Å². The maximum Gasteiger partial charge on any atom is 0.309 e. The fourth-order valence-corrected chi connectivity index (χ4v) is 2.99. The van der Waals surface area contributed by atoms with Gasteiger partial charge in [-0.05, 0) is 36.4 Å². The molecule has 1 heterocycles. The van der Waals surface area contributed by atoms with Gasteiger partial charge in [-0.3, -0.25) is 9.59 Å². The van der Waals surface area contributed by atoms with Crippen LogP contribution in [0.3, 0.4) is 0 Å². The summed E-state index contributed by atoms with van der Waals surface area (Å²) >= 11 is 0. The molecular formula is C23H19NO5. The highest BCUT2D eigenvalue weighted by atomic mass is 16.5. The fraction of sp³-hybridized carbons (Fsp3) is 0.130. The van der Waals surface area contributed by atoms with E-state index in [2.05, 4.69) is 5.32 Å². The second-order valence-corrected chi connectivity index (χ2v) is 6.43. The maximum absolute atomic E-state index is 12.1. The van der Waals surface area contributed by atoms with Crippen LogP contribution < -0.4 is 10.1 Å². The minimum Gasteiger partial charge on any atom is -0.493 e. The van der Waals surface area contributed by atoms with Gasteiger partial charge in [0.25, 0.3) is 5.91 Å². The lowest BCUT2D eigenvalue weighted by Crippen LogP contribution is -2.21. The predicted molar refractivity (Wildman–Crippen MR) is 110 cm³/mol. The lowest BCUT2D eigenvalue weighted by molar-refractivity contribution is -0.147. The summed E-state index contributed by atoms with van der Waals surface area (Å²) in [5.41, 5.74) is 2.14. The third kappa shape index (κ3) is 4.55. The first kappa shape index (κ1) is 18.6. The van der Waals surface area contributed by atoms with E-state index in [0.29, 0.717) is 11.4 Å². The topological polar surface area (TPSA) is 77.8 Å². The summed E-state index contributed by atoms with van der Waals surface area (Å²) < 4.78 is 16.2. The normalized spacial score (nSPS) is 10.8. The summed E-state index contributed by atoms with van der Waals surface area (Å²) in [7, 11) is 0. The van der Waals surface area contributed by atoms with Crippen LogP contribution in [0.25, 0.3) is 21.9 Å². The zero-order valence-electron chi connectivity index (χ0n) is 15.6. The van der Waals surface area contributed by atoms with E-state index in [1.807, 2.05) is 48.5 Å². The Morgan fingerprint density at radius 3 is 2.48 bits per heavy atom. The van der Waals surface area contributed by atoms with Gasteiger partial charge in [0.15, 0.2) is 6.61 Å². The van der Waals surface area contributed by atoms with Gasteiger partial charge in [0.05, 0.1) is 13.0 Å². The highest BCUT2D eigenvalue weighted by Crippen LogP contribution is 2.30. The highest BCUT2D eigenvalue weighted by Gasteiger charge is 2.11. The van der Waals surface area contributed by atoms with Gasteiger partial charge in [0.2, 0.25) is 0 Å². The number of amides is 1. The first-order valence-corrected chi connectivity index (χ1v) is 9.24. The molecule has 1 N–H and O–H groups in total. The minimum atomic E-state index is -0.493. The van der Waals surface area contributed by atoms with E-state index < -0.39 is 11.9 Å². The number of esters is 1. The molecule has 0 atom stereocenters. The molecule has 6 nitrogen and oxygen atoms in total. The van der Waals surface area contributed by atoms with Crippen LogP contribution in [-0.2, 0) is 14.3 Å². The number of para-hydroxylation sites is 2. The number of anilines is 1. The van der Waals surface area contributed by atoms with Crippen molar-refractivity contribution < 1.29 is 23.5 Å². The Labute approximate surface area is 167 Å². The van der Waals surface area contributed by atoms with Crippen molar-refractivity contribution in [1.29, 1.82) is 0 Å². The monoisotopic (exact) mass is 389 g/mol. The molecular weight excluding hydrogens is 370 g/mol. The van der Waals surface area contributed by atoms with Crippen LogP contribution in [0.4, 0.5) is 5.69 Å². The molecule has 0 saturated carbocycles. The van der Waals surface area contributed by atoms with Gasteiger partial charge in [-0.2, -0.15) is 0 Å². The van der Waals surface area contributed by atoms with E-state index in [-0.39, 0.29) is 19.6 Å². The summed E-state index contributed by atoms with van der Waals surface area (Å²) in [4.78, 5) is 23.9. The second-order valence-electron chi connectivity index (χ2n) is 6.43. The number of rotatable bonds is 7. The van der Waals surface area contributed by atoms with E-state index in [4.69, 9.17) is 13.9 Å². The van der Waals surface area contributed by atoms with Crippen LogP contribution in [0.15, 0.2) is 77.2 Å². The Morgan fingerprint density at radius 1 is 0.862 bits per heavy atom. The molecule has 0 saturated heterocycles. The largest absolute Gasteiger partial charge is 0.493 e. The van der Waals surface area contributed by atoms with Gasteiger partial charge in [0.1, 0.15) is 16.9 Å². The van der Waals surface area contributed by atoms with E-state index in [1.54, 1.807) is 24.3 Å². The highest BCUT2D eigenvalue weighted by molar-refractivity contribution is 6.07. The third-order valence-corrected chi connectivity index (χ3v) is 4.34. The molecule has 4 rings (SSSR count). The molecule has 0 unspecified atom stereocenters. The van der Waals surface area contributed by atoms with Crippen molar-refractivity contribution in [2.45, 2.75) is 6.42 Å². The molecule has 0 aliphatic carbocycles. The zero-order valence-corrected chi connectivity index (χ0v) is 15.6. The Kier molecular flexibility index (Phi) is 5.42. The van der Waals surface area contributed by atoms with Crippen LogP contribution in [0.2, 0.25) is 0 Å². The van der Waals surface area contributed by atoms with Gasteiger partial charge in [0, 0.05) is 16.5 Å². The molecule has 1 aromatic heterocycles. The average Bonchev–Trinajstić information content (AvgIpc) is 3.11. The first-order chi connectivity index (χ1) is 14.2. The van der Waals surface area contributed by atoms with Crippen LogP contribution >= 0.6 is 0 Å². The Hall–Kier alpha value is -3.80. The molecule has 0 aliphatic heterocycles.